The van der Waals surface area contributed by atoms with Crippen LogP contribution in [0.2, 0.25) is 0 Å². The molecule has 0 spiro atoms. The van der Waals surface area contributed by atoms with Crippen molar-refractivity contribution in [1.29, 1.82) is 0 Å². The molecule has 1 aliphatic heterocycles. The largest absolute Gasteiger partial charge is 0.416 e. The van der Waals surface area contributed by atoms with Crippen molar-refractivity contribution in [3.8, 4) is 0 Å². The van der Waals surface area contributed by atoms with Gasteiger partial charge < -0.3 is 14.5 Å². The lowest BCUT2D eigenvalue weighted by Crippen LogP contribution is -2.51. The van der Waals surface area contributed by atoms with Crippen molar-refractivity contribution in [2.24, 2.45) is 0 Å². The van der Waals surface area contributed by atoms with Gasteiger partial charge in [-0.1, -0.05) is 0 Å². The van der Waals surface area contributed by atoms with Gasteiger partial charge in [0.05, 0.1) is 5.56 Å². The molecular formula is C15H17F3N2O3. The maximum atomic E-state index is 12.5. The summed E-state index contributed by atoms with van der Waals surface area (Å²) in [6.45, 7) is 1.45. The lowest BCUT2D eigenvalue weighted by atomic mass is 10.1. The summed E-state index contributed by atoms with van der Waals surface area (Å²) >= 11 is 0. The number of halogens is 3. The van der Waals surface area contributed by atoms with E-state index in [9.17, 15) is 22.8 Å². The normalized spacial score (nSPS) is 15.7. The Labute approximate surface area is 131 Å². The first-order valence-electron chi connectivity index (χ1n) is 7.06. The molecule has 1 fully saturated rings. The van der Waals surface area contributed by atoms with Crippen LogP contribution in [0.5, 0.6) is 0 Å². The molecule has 1 aliphatic rings. The first-order valence-corrected chi connectivity index (χ1v) is 7.06. The standard InChI is InChI=1S/C15H17F3N2O3/c1-23-10-13(21)19-6-8-20(9-7-19)14(22)11-2-4-12(5-3-11)15(16,17)18/h2-5H,6-10H2,1H3. The summed E-state index contributed by atoms with van der Waals surface area (Å²) in [7, 11) is 1.43. The number of alkyl halides is 3. The molecule has 126 valence electrons. The second-order valence-corrected chi connectivity index (χ2v) is 5.18. The molecule has 8 heteroatoms. The van der Waals surface area contributed by atoms with Crippen LogP contribution in [0.25, 0.3) is 0 Å². The summed E-state index contributed by atoms with van der Waals surface area (Å²) in [5, 5.41) is 0. The van der Waals surface area contributed by atoms with E-state index in [0.29, 0.717) is 26.2 Å². The van der Waals surface area contributed by atoms with E-state index in [1.807, 2.05) is 0 Å². The highest BCUT2D eigenvalue weighted by molar-refractivity contribution is 5.94. The van der Waals surface area contributed by atoms with E-state index in [2.05, 4.69) is 0 Å². The highest BCUT2D eigenvalue weighted by Gasteiger charge is 2.31. The molecule has 1 saturated heterocycles. The fourth-order valence-electron chi connectivity index (χ4n) is 2.36. The molecule has 5 nitrogen and oxygen atoms in total. The van der Waals surface area contributed by atoms with Crippen molar-refractivity contribution in [1.82, 2.24) is 9.80 Å². The van der Waals surface area contributed by atoms with E-state index < -0.39 is 11.7 Å². The van der Waals surface area contributed by atoms with Gasteiger partial charge in [-0.25, -0.2) is 0 Å². The summed E-state index contributed by atoms with van der Waals surface area (Å²) in [6, 6.07) is 4.14. The lowest BCUT2D eigenvalue weighted by molar-refractivity contribution is -0.137. The quantitative estimate of drug-likeness (QED) is 0.846. The van der Waals surface area contributed by atoms with Gasteiger partial charge in [0.25, 0.3) is 5.91 Å². The number of carbonyl (C=O) groups is 2. The van der Waals surface area contributed by atoms with E-state index >= 15 is 0 Å². The van der Waals surface area contributed by atoms with E-state index in [-0.39, 0.29) is 24.0 Å². The number of methoxy groups -OCH3 is 1. The number of benzene rings is 1. The third-order valence-corrected chi connectivity index (χ3v) is 3.65. The Hall–Kier alpha value is -2.09. The van der Waals surface area contributed by atoms with Gasteiger partial charge in [-0.2, -0.15) is 13.2 Å². The van der Waals surface area contributed by atoms with Gasteiger partial charge in [-0.05, 0) is 24.3 Å². The van der Waals surface area contributed by atoms with Crippen LogP contribution in [0.4, 0.5) is 13.2 Å². The Morgan fingerprint density at radius 3 is 2.04 bits per heavy atom. The maximum Gasteiger partial charge on any atom is 0.416 e. The second-order valence-electron chi connectivity index (χ2n) is 5.18. The van der Waals surface area contributed by atoms with E-state index in [0.717, 1.165) is 12.1 Å². The van der Waals surface area contributed by atoms with E-state index in [4.69, 9.17) is 4.74 Å². The number of nitrogens with zero attached hydrogens (tertiary/aromatic N) is 2. The number of rotatable bonds is 3. The maximum absolute atomic E-state index is 12.5. The zero-order valence-corrected chi connectivity index (χ0v) is 12.6. The van der Waals surface area contributed by atoms with Crippen LogP contribution in [0.1, 0.15) is 15.9 Å². The minimum atomic E-state index is -4.42. The van der Waals surface area contributed by atoms with Crippen molar-refractivity contribution in [3.63, 3.8) is 0 Å². The van der Waals surface area contributed by atoms with Crippen molar-refractivity contribution in [3.05, 3.63) is 35.4 Å². The lowest BCUT2D eigenvalue weighted by Gasteiger charge is -2.34. The van der Waals surface area contributed by atoms with E-state index in [1.165, 1.54) is 24.1 Å². The molecule has 1 aromatic rings. The average Bonchev–Trinajstić information content (AvgIpc) is 2.54. The summed E-state index contributed by atoms with van der Waals surface area (Å²) in [5.74, 6) is -0.480. The monoisotopic (exact) mass is 330 g/mol. The van der Waals surface area contributed by atoms with Crippen LogP contribution >= 0.6 is 0 Å². The van der Waals surface area contributed by atoms with Crippen molar-refractivity contribution < 1.29 is 27.5 Å². The first kappa shape index (κ1) is 17.3. The van der Waals surface area contributed by atoms with Crippen LogP contribution in [0, 0.1) is 0 Å². The molecule has 0 radical (unpaired) electrons. The number of hydrogen-bond acceptors (Lipinski definition) is 3. The molecule has 2 amide bonds. The average molecular weight is 330 g/mol. The number of carbonyl (C=O) groups excluding carboxylic acids is 2. The number of ether oxygens (including phenoxy) is 1. The molecule has 1 aromatic carbocycles. The predicted molar refractivity (Wildman–Crippen MR) is 75.8 cm³/mol. The zero-order chi connectivity index (χ0) is 17.0. The number of hydrogen-bond donors (Lipinski definition) is 0. The Bertz CT molecular complexity index is 564. The summed E-state index contributed by atoms with van der Waals surface area (Å²) in [4.78, 5) is 27.1. The third kappa shape index (κ3) is 4.22. The summed E-state index contributed by atoms with van der Waals surface area (Å²) in [5.41, 5.74) is -0.585. The third-order valence-electron chi connectivity index (χ3n) is 3.65. The van der Waals surface area contributed by atoms with Crippen LogP contribution in [-0.2, 0) is 15.7 Å². The van der Waals surface area contributed by atoms with Crippen molar-refractivity contribution in [2.75, 3.05) is 39.9 Å². The highest BCUT2D eigenvalue weighted by atomic mass is 19.4. The summed E-state index contributed by atoms with van der Waals surface area (Å²) < 4.78 is 42.3. The Morgan fingerprint density at radius 1 is 1.04 bits per heavy atom. The fraction of sp³-hybridized carbons (Fsp3) is 0.467. The molecule has 0 aromatic heterocycles. The predicted octanol–water partition coefficient (Wildman–Crippen LogP) is 1.64. The van der Waals surface area contributed by atoms with Gasteiger partial charge in [0, 0.05) is 38.9 Å². The zero-order valence-electron chi connectivity index (χ0n) is 12.6. The SMILES string of the molecule is COCC(=O)N1CCN(C(=O)c2ccc(C(F)(F)F)cc2)CC1. The Morgan fingerprint density at radius 2 is 1.57 bits per heavy atom. The second kappa shape index (κ2) is 6.99. The van der Waals surface area contributed by atoms with Crippen LogP contribution < -0.4 is 0 Å². The van der Waals surface area contributed by atoms with Crippen molar-refractivity contribution in [2.45, 2.75) is 6.18 Å². The van der Waals surface area contributed by atoms with Gasteiger partial charge in [0.1, 0.15) is 6.61 Å². The van der Waals surface area contributed by atoms with E-state index in [1.54, 1.807) is 4.90 Å². The van der Waals surface area contributed by atoms with Gasteiger partial charge in [0.2, 0.25) is 5.91 Å². The Kier molecular flexibility index (Phi) is 5.25. The molecule has 23 heavy (non-hydrogen) atoms. The smallest absolute Gasteiger partial charge is 0.375 e. The molecule has 1 heterocycles. The van der Waals surface area contributed by atoms with Gasteiger partial charge >= 0.3 is 6.18 Å². The van der Waals surface area contributed by atoms with Gasteiger partial charge in [-0.15, -0.1) is 0 Å². The first-order chi connectivity index (χ1) is 10.8. The molecule has 0 aliphatic carbocycles. The van der Waals surface area contributed by atoms with Crippen LogP contribution in [0.15, 0.2) is 24.3 Å². The minimum absolute atomic E-state index is 0.00709. The highest BCUT2D eigenvalue weighted by Crippen LogP contribution is 2.29. The van der Waals surface area contributed by atoms with Crippen LogP contribution in [-0.4, -0.2) is 61.5 Å². The molecular weight excluding hydrogens is 313 g/mol. The Balaban J connectivity index is 1.96. The fourth-order valence-corrected chi connectivity index (χ4v) is 2.36. The van der Waals surface area contributed by atoms with Gasteiger partial charge in [-0.3, -0.25) is 9.59 Å². The number of piperazine rings is 1. The topological polar surface area (TPSA) is 49.9 Å². The molecule has 2 rings (SSSR count). The molecule has 0 saturated carbocycles. The van der Waals surface area contributed by atoms with Gasteiger partial charge in [0.15, 0.2) is 0 Å². The minimum Gasteiger partial charge on any atom is -0.375 e. The van der Waals surface area contributed by atoms with Crippen LogP contribution in [0.3, 0.4) is 0 Å². The molecule has 0 atom stereocenters. The molecule has 0 N–H and O–H groups in total. The molecule has 0 unspecified atom stereocenters. The summed E-state index contributed by atoms with van der Waals surface area (Å²) in [6.07, 6.45) is -4.42. The number of amides is 2. The molecule has 0 bridgehead atoms. The van der Waals surface area contributed by atoms with Crippen molar-refractivity contribution >= 4 is 11.8 Å².